The van der Waals surface area contributed by atoms with Gasteiger partial charge in [-0.3, -0.25) is 4.79 Å². The van der Waals surface area contributed by atoms with Crippen LogP contribution < -0.4 is 10.6 Å². The first-order chi connectivity index (χ1) is 9.52. The van der Waals surface area contributed by atoms with E-state index in [0.717, 1.165) is 12.2 Å². The van der Waals surface area contributed by atoms with Gasteiger partial charge in [0.1, 0.15) is 0 Å². The number of esters is 1. The number of ether oxygens (including phenoxy) is 1. The lowest BCUT2D eigenvalue weighted by Gasteiger charge is -2.33. The Bertz CT molecular complexity index is 530. The van der Waals surface area contributed by atoms with Crippen molar-refractivity contribution in [1.29, 1.82) is 0 Å². The lowest BCUT2D eigenvalue weighted by Crippen LogP contribution is -2.48. The molecule has 2 N–H and O–H groups in total. The Hall–Kier alpha value is -2.24. The second kappa shape index (κ2) is 5.81. The van der Waals surface area contributed by atoms with E-state index in [0.29, 0.717) is 30.9 Å². The summed E-state index contributed by atoms with van der Waals surface area (Å²) in [6, 6.07) is 5.17. The molecule has 1 aliphatic rings. The molecule has 0 saturated carbocycles. The minimum Gasteiger partial charge on any atom is -0.462 e. The number of likely N-dealkylation sites (N-methyl/N-ethyl adjacent to an activating group) is 1. The lowest BCUT2D eigenvalue weighted by molar-refractivity contribution is -0.129. The van der Waals surface area contributed by atoms with E-state index in [4.69, 9.17) is 10.5 Å². The van der Waals surface area contributed by atoms with Gasteiger partial charge < -0.3 is 20.3 Å². The maximum atomic E-state index is 11.8. The molecule has 0 bridgehead atoms. The summed E-state index contributed by atoms with van der Waals surface area (Å²) in [5, 5.41) is 0. The molecule has 20 heavy (non-hydrogen) atoms. The van der Waals surface area contributed by atoms with Gasteiger partial charge in [-0.05, 0) is 25.1 Å². The number of amides is 1. The maximum Gasteiger partial charge on any atom is 0.340 e. The highest BCUT2D eigenvalue weighted by atomic mass is 16.5. The number of nitrogen functional groups attached to an aromatic ring is 1. The fourth-order valence-electron chi connectivity index (χ4n) is 2.11. The molecule has 6 nitrogen and oxygen atoms in total. The summed E-state index contributed by atoms with van der Waals surface area (Å²) < 4.78 is 4.98. The van der Waals surface area contributed by atoms with E-state index in [9.17, 15) is 9.59 Å². The van der Waals surface area contributed by atoms with Crippen LogP contribution in [-0.4, -0.2) is 50.1 Å². The lowest BCUT2D eigenvalue weighted by atomic mass is 10.1. The van der Waals surface area contributed by atoms with Gasteiger partial charge in [-0.25, -0.2) is 4.79 Å². The molecule has 1 amide bonds. The van der Waals surface area contributed by atoms with E-state index < -0.39 is 5.97 Å². The molecule has 0 radical (unpaired) electrons. The summed E-state index contributed by atoms with van der Waals surface area (Å²) in [6.07, 6.45) is 0. The highest BCUT2D eigenvalue weighted by Gasteiger charge is 2.22. The fourth-order valence-corrected chi connectivity index (χ4v) is 2.11. The summed E-state index contributed by atoms with van der Waals surface area (Å²) in [7, 11) is 1.78. The zero-order chi connectivity index (χ0) is 14.7. The number of rotatable bonds is 3. The van der Waals surface area contributed by atoms with Crippen molar-refractivity contribution in [3.05, 3.63) is 23.8 Å². The van der Waals surface area contributed by atoms with Gasteiger partial charge in [0.25, 0.3) is 0 Å². The Morgan fingerprint density at radius 1 is 1.40 bits per heavy atom. The second-order valence-corrected chi connectivity index (χ2v) is 4.73. The van der Waals surface area contributed by atoms with Crippen LogP contribution >= 0.6 is 0 Å². The highest BCUT2D eigenvalue weighted by molar-refractivity contribution is 5.96. The van der Waals surface area contributed by atoms with E-state index in [1.165, 1.54) is 0 Å². The van der Waals surface area contributed by atoms with E-state index in [-0.39, 0.29) is 5.91 Å². The first-order valence-electron chi connectivity index (χ1n) is 6.58. The summed E-state index contributed by atoms with van der Waals surface area (Å²) in [5.41, 5.74) is 7.34. The quantitative estimate of drug-likeness (QED) is 0.651. The second-order valence-electron chi connectivity index (χ2n) is 4.73. The minimum absolute atomic E-state index is 0.0609. The van der Waals surface area contributed by atoms with Crippen molar-refractivity contribution >= 4 is 23.3 Å². The zero-order valence-electron chi connectivity index (χ0n) is 11.8. The number of anilines is 2. The first-order valence-corrected chi connectivity index (χ1v) is 6.58. The van der Waals surface area contributed by atoms with Gasteiger partial charge in [0.15, 0.2) is 0 Å². The van der Waals surface area contributed by atoms with E-state index in [2.05, 4.69) is 0 Å². The largest absolute Gasteiger partial charge is 0.462 e. The molecule has 1 aromatic carbocycles. The van der Waals surface area contributed by atoms with Gasteiger partial charge in [0, 0.05) is 31.5 Å². The van der Waals surface area contributed by atoms with Crippen LogP contribution in [0.1, 0.15) is 17.3 Å². The Labute approximate surface area is 118 Å². The van der Waals surface area contributed by atoms with Crippen molar-refractivity contribution in [1.82, 2.24) is 4.90 Å². The van der Waals surface area contributed by atoms with Gasteiger partial charge in [-0.15, -0.1) is 0 Å². The van der Waals surface area contributed by atoms with E-state index in [1.54, 1.807) is 31.0 Å². The van der Waals surface area contributed by atoms with Gasteiger partial charge >= 0.3 is 5.97 Å². The monoisotopic (exact) mass is 277 g/mol. The molecule has 1 saturated heterocycles. The third-order valence-corrected chi connectivity index (χ3v) is 3.35. The molecule has 1 aromatic rings. The minimum atomic E-state index is -0.438. The number of hydrogen-bond acceptors (Lipinski definition) is 5. The summed E-state index contributed by atoms with van der Waals surface area (Å²) in [4.78, 5) is 27.2. The van der Waals surface area contributed by atoms with Crippen LogP contribution in [0.3, 0.4) is 0 Å². The molecule has 6 heteroatoms. The Morgan fingerprint density at radius 3 is 2.80 bits per heavy atom. The SMILES string of the molecule is CCOC(=O)c1cc(N2CCN(C)C(=O)C2)ccc1N. The number of benzene rings is 1. The average Bonchev–Trinajstić information content (AvgIpc) is 2.42. The molecule has 1 aliphatic heterocycles. The summed E-state index contributed by atoms with van der Waals surface area (Å²) in [5.74, 6) is -0.377. The molecule has 108 valence electrons. The van der Waals surface area contributed by atoms with Gasteiger partial charge in [0.05, 0.1) is 18.7 Å². The van der Waals surface area contributed by atoms with Crippen LogP contribution in [0.15, 0.2) is 18.2 Å². The number of carbonyl (C=O) groups is 2. The predicted molar refractivity (Wildman–Crippen MR) is 76.7 cm³/mol. The average molecular weight is 277 g/mol. The molecule has 0 aliphatic carbocycles. The Morgan fingerprint density at radius 2 is 2.15 bits per heavy atom. The molecular formula is C14H19N3O3. The molecule has 1 fully saturated rings. The van der Waals surface area contributed by atoms with Gasteiger partial charge in [0.2, 0.25) is 5.91 Å². The maximum absolute atomic E-state index is 11.8. The number of carbonyl (C=O) groups excluding carboxylic acids is 2. The molecule has 0 spiro atoms. The third-order valence-electron chi connectivity index (χ3n) is 3.35. The number of nitrogens with zero attached hydrogens (tertiary/aromatic N) is 2. The standard InChI is InChI=1S/C14H19N3O3/c1-3-20-14(19)11-8-10(4-5-12(11)15)17-7-6-16(2)13(18)9-17/h4-5,8H,3,6-7,9,15H2,1-2H3. The Kier molecular flexibility index (Phi) is 4.12. The fraction of sp³-hybridized carbons (Fsp3) is 0.429. The Balaban J connectivity index is 2.23. The van der Waals surface area contributed by atoms with Crippen LogP contribution in [0.2, 0.25) is 0 Å². The highest BCUT2D eigenvalue weighted by Crippen LogP contribution is 2.23. The molecule has 1 heterocycles. The molecule has 0 unspecified atom stereocenters. The zero-order valence-corrected chi connectivity index (χ0v) is 11.8. The van der Waals surface area contributed by atoms with E-state index >= 15 is 0 Å². The van der Waals surface area contributed by atoms with Crippen LogP contribution in [0, 0.1) is 0 Å². The number of hydrogen-bond donors (Lipinski definition) is 1. The van der Waals surface area contributed by atoms with Crippen molar-refractivity contribution < 1.29 is 14.3 Å². The predicted octanol–water partition coefficient (Wildman–Crippen LogP) is 0.724. The smallest absolute Gasteiger partial charge is 0.340 e. The van der Waals surface area contributed by atoms with Crippen LogP contribution in [0.5, 0.6) is 0 Å². The normalized spacial score (nSPS) is 15.4. The molecular weight excluding hydrogens is 258 g/mol. The van der Waals surface area contributed by atoms with Gasteiger partial charge in [-0.2, -0.15) is 0 Å². The van der Waals surface area contributed by atoms with Crippen molar-refractivity contribution in [3.63, 3.8) is 0 Å². The number of piperazine rings is 1. The summed E-state index contributed by atoms with van der Waals surface area (Å²) in [6.45, 7) is 3.75. The van der Waals surface area contributed by atoms with Crippen molar-refractivity contribution in [2.45, 2.75) is 6.92 Å². The topological polar surface area (TPSA) is 75.9 Å². The van der Waals surface area contributed by atoms with E-state index in [1.807, 2.05) is 11.0 Å². The van der Waals surface area contributed by atoms with Crippen molar-refractivity contribution in [2.24, 2.45) is 0 Å². The molecule has 0 atom stereocenters. The molecule has 0 aromatic heterocycles. The number of nitrogens with two attached hydrogens (primary N) is 1. The third kappa shape index (κ3) is 2.84. The summed E-state index contributed by atoms with van der Waals surface area (Å²) >= 11 is 0. The first kappa shape index (κ1) is 14.2. The van der Waals surface area contributed by atoms with Crippen molar-refractivity contribution in [3.8, 4) is 0 Å². The molecule has 2 rings (SSSR count). The van der Waals surface area contributed by atoms with Crippen LogP contribution in [-0.2, 0) is 9.53 Å². The van der Waals surface area contributed by atoms with Crippen molar-refractivity contribution in [2.75, 3.05) is 43.9 Å². The van der Waals surface area contributed by atoms with Crippen LogP contribution in [0.4, 0.5) is 11.4 Å². The van der Waals surface area contributed by atoms with Crippen LogP contribution in [0.25, 0.3) is 0 Å². The van der Waals surface area contributed by atoms with Gasteiger partial charge in [-0.1, -0.05) is 0 Å².